The Bertz CT molecular complexity index is 1590. The number of phenols is 1. The lowest BCUT2D eigenvalue weighted by Crippen LogP contribution is -2.48. The van der Waals surface area contributed by atoms with E-state index in [0.29, 0.717) is 5.75 Å². The number of rotatable bonds is 16. The van der Waals surface area contributed by atoms with E-state index in [1.54, 1.807) is 0 Å². The van der Waals surface area contributed by atoms with Crippen molar-refractivity contribution in [2.75, 3.05) is 0 Å². The van der Waals surface area contributed by atoms with Crippen LogP contribution in [-0.2, 0) is 11.1 Å². The molecular weight excluding hydrogens is 585 g/mol. The molecule has 2 atom stereocenters. The molecule has 0 spiro atoms. The Morgan fingerprint density at radius 3 is 1.73 bits per heavy atom. The highest BCUT2D eigenvalue weighted by atomic mass is 16.3. The number of hydrogen-bond acceptors (Lipinski definition) is 3. The van der Waals surface area contributed by atoms with E-state index in [9.17, 15) is 5.11 Å². The molecule has 4 aromatic rings. The van der Waals surface area contributed by atoms with Crippen LogP contribution >= 0.6 is 0 Å². The van der Waals surface area contributed by atoms with E-state index in [1.165, 1.54) is 74.6 Å². The molecule has 1 heterocycles. The first-order valence-corrected chi connectivity index (χ1v) is 18.6. The van der Waals surface area contributed by atoms with Crippen molar-refractivity contribution < 1.29 is 5.11 Å². The quantitative estimate of drug-likeness (QED) is 0.119. The third-order valence-electron chi connectivity index (χ3n) is 10.2. The summed E-state index contributed by atoms with van der Waals surface area (Å²) in [7, 11) is 0. The first-order valence-electron chi connectivity index (χ1n) is 18.6. The summed E-state index contributed by atoms with van der Waals surface area (Å²) in [6, 6.07) is 38.9. The van der Waals surface area contributed by atoms with Crippen LogP contribution in [0, 0.1) is 0 Å². The van der Waals surface area contributed by atoms with Crippen molar-refractivity contribution in [2.45, 2.75) is 122 Å². The van der Waals surface area contributed by atoms with Gasteiger partial charge in [-0.2, -0.15) is 0 Å². The van der Waals surface area contributed by atoms with E-state index in [0.717, 1.165) is 35.2 Å². The van der Waals surface area contributed by atoms with Crippen LogP contribution in [0.4, 0.5) is 0 Å². The molecule has 0 radical (unpaired) electrons. The maximum atomic E-state index is 11.8. The van der Waals surface area contributed by atoms with E-state index in [-0.39, 0.29) is 11.5 Å². The second kappa shape index (κ2) is 16.4. The molecule has 48 heavy (non-hydrogen) atoms. The van der Waals surface area contributed by atoms with Gasteiger partial charge in [0.1, 0.15) is 11.4 Å². The number of phenolic OH excluding ortho intramolecular Hbond substituents is 1. The molecule has 0 aliphatic carbocycles. The van der Waals surface area contributed by atoms with Crippen LogP contribution in [0.5, 0.6) is 5.75 Å². The first-order chi connectivity index (χ1) is 23.2. The zero-order valence-corrected chi connectivity index (χ0v) is 30.1. The van der Waals surface area contributed by atoms with Crippen molar-refractivity contribution >= 4 is 11.4 Å². The minimum Gasteiger partial charge on any atom is -0.507 e. The molecule has 4 aromatic carbocycles. The van der Waals surface area contributed by atoms with Gasteiger partial charge in [0.25, 0.3) is 0 Å². The van der Waals surface area contributed by atoms with Gasteiger partial charge in [-0.1, -0.05) is 195 Å². The van der Waals surface area contributed by atoms with Gasteiger partial charge in [0.15, 0.2) is 0 Å². The molecule has 5 rings (SSSR count). The third-order valence-corrected chi connectivity index (χ3v) is 10.2. The Kier molecular flexibility index (Phi) is 12.1. The number of unbranched alkanes of at least 4 members (excludes halogenated alkanes) is 9. The van der Waals surface area contributed by atoms with Crippen LogP contribution in [0.3, 0.4) is 0 Å². The summed E-state index contributed by atoms with van der Waals surface area (Å²) in [4.78, 5) is 2.60. The van der Waals surface area contributed by atoms with E-state index in [4.69, 9.17) is 0 Å². The van der Waals surface area contributed by atoms with Crippen LogP contribution in [0.15, 0.2) is 109 Å². The molecule has 0 saturated carbocycles. The lowest BCUT2D eigenvalue weighted by Gasteiger charge is -2.45. The Morgan fingerprint density at radius 2 is 1.19 bits per heavy atom. The van der Waals surface area contributed by atoms with Gasteiger partial charge in [-0.05, 0) is 41.5 Å². The second-order valence-corrected chi connectivity index (χ2v) is 14.9. The highest BCUT2D eigenvalue weighted by molar-refractivity contribution is 5.92. The molecule has 1 aliphatic heterocycles. The predicted molar refractivity (Wildman–Crippen MR) is 204 cm³/mol. The SMILES string of the molecule is CCCCCCCCCCCCC(c1ccccc1)N1C(c2ccccc2)=C(c2ccccc2)NC1(C)c1ccc(C(C)(C)C)cc1O. The predicted octanol–water partition coefficient (Wildman–Crippen LogP) is 12.3. The van der Waals surface area contributed by atoms with E-state index < -0.39 is 5.66 Å². The molecule has 254 valence electrons. The highest BCUT2D eigenvalue weighted by Crippen LogP contribution is 2.52. The van der Waals surface area contributed by atoms with Crippen molar-refractivity contribution in [3.63, 3.8) is 0 Å². The fraction of sp³-hybridized carbons (Fsp3) is 0.422. The summed E-state index contributed by atoms with van der Waals surface area (Å²) in [5.41, 5.74) is 7.11. The minimum atomic E-state index is -0.712. The monoisotopic (exact) mass is 642 g/mol. The molecule has 0 saturated heterocycles. The van der Waals surface area contributed by atoms with Crippen molar-refractivity contribution in [1.29, 1.82) is 0 Å². The standard InChI is InChI=1S/C45H58N2O/c1-6-7-8-9-10-11-12-13-14-24-31-40(35-25-18-15-19-26-35)47-43(37-29-22-17-23-30-37)42(36-27-20-16-21-28-36)46-45(47,5)39-33-32-38(34-41(39)48)44(2,3)4/h15-23,25-30,32-34,40,46,48H,6-14,24,31H2,1-5H3. The minimum absolute atomic E-state index is 0.0650. The number of benzene rings is 4. The van der Waals surface area contributed by atoms with Crippen LogP contribution in [0.25, 0.3) is 11.4 Å². The summed E-state index contributed by atoms with van der Waals surface area (Å²) in [6.07, 6.45) is 14.2. The average molecular weight is 643 g/mol. The molecule has 2 unspecified atom stereocenters. The average Bonchev–Trinajstić information content (AvgIpc) is 3.41. The Labute approximate surface area is 291 Å². The fourth-order valence-electron chi connectivity index (χ4n) is 7.42. The molecule has 0 fully saturated rings. The Morgan fingerprint density at radius 1 is 0.667 bits per heavy atom. The number of aromatic hydroxyl groups is 1. The van der Waals surface area contributed by atoms with Gasteiger partial charge >= 0.3 is 0 Å². The molecular formula is C45H58N2O. The van der Waals surface area contributed by atoms with Crippen molar-refractivity contribution in [3.05, 3.63) is 137 Å². The van der Waals surface area contributed by atoms with Gasteiger partial charge in [-0.3, -0.25) is 0 Å². The first kappa shape index (κ1) is 35.3. The normalized spacial score (nSPS) is 17.1. The van der Waals surface area contributed by atoms with Gasteiger partial charge in [0.05, 0.1) is 17.4 Å². The van der Waals surface area contributed by atoms with Crippen LogP contribution in [0.2, 0.25) is 0 Å². The fourth-order valence-corrected chi connectivity index (χ4v) is 7.42. The summed E-state index contributed by atoms with van der Waals surface area (Å²) < 4.78 is 0. The van der Waals surface area contributed by atoms with Gasteiger partial charge < -0.3 is 15.3 Å². The molecule has 3 heteroatoms. The Balaban J connectivity index is 1.56. The molecule has 3 nitrogen and oxygen atoms in total. The Hall–Kier alpha value is -3.98. The van der Waals surface area contributed by atoms with Gasteiger partial charge in [-0.25, -0.2) is 0 Å². The van der Waals surface area contributed by atoms with E-state index >= 15 is 0 Å². The van der Waals surface area contributed by atoms with Crippen LogP contribution < -0.4 is 5.32 Å². The molecule has 2 N–H and O–H groups in total. The van der Waals surface area contributed by atoms with Crippen molar-refractivity contribution in [3.8, 4) is 5.75 Å². The largest absolute Gasteiger partial charge is 0.507 e. The maximum Gasteiger partial charge on any atom is 0.138 e. The smallest absolute Gasteiger partial charge is 0.138 e. The topological polar surface area (TPSA) is 35.5 Å². The van der Waals surface area contributed by atoms with Gasteiger partial charge in [0.2, 0.25) is 0 Å². The second-order valence-electron chi connectivity index (χ2n) is 14.9. The van der Waals surface area contributed by atoms with Crippen molar-refractivity contribution in [2.24, 2.45) is 0 Å². The van der Waals surface area contributed by atoms with Gasteiger partial charge in [0, 0.05) is 11.1 Å². The highest BCUT2D eigenvalue weighted by Gasteiger charge is 2.48. The van der Waals surface area contributed by atoms with Crippen LogP contribution in [0.1, 0.15) is 139 Å². The van der Waals surface area contributed by atoms with Gasteiger partial charge in [-0.15, -0.1) is 0 Å². The van der Waals surface area contributed by atoms with Crippen molar-refractivity contribution in [1.82, 2.24) is 10.2 Å². The summed E-state index contributed by atoms with van der Waals surface area (Å²) in [5, 5.41) is 15.9. The van der Waals surface area contributed by atoms with E-state index in [1.807, 2.05) is 6.07 Å². The number of hydrogen-bond donors (Lipinski definition) is 2. The third kappa shape index (κ3) is 8.35. The summed E-state index contributed by atoms with van der Waals surface area (Å²) >= 11 is 0. The number of nitrogens with one attached hydrogen (secondary N) is 1. The lowest BCUT2D eigenvalue weighted by molar-refractivity contribution is 0.113. The molecule has 0 bridgehead atoms. The lowest BCUT2D eigenvalue weighted by atomic mass is 9.84. The zero-order chi connectivity index (χ0) is 34.0. The van der Waals surface area contributed by atoms with E-state index in [2.05, 4.69) is 148 Å². The molecule has 0 aromatic heterocycles. The number of nitrogens with zero attached hydrogens (tertiary/aromatic N) is 1. The maximum absolute atomic E-state index is 11.8. The summed E-state index contributed by atoms with van der Waals surface area (Å²) in [5.74, 6) is 0.329. The zero-order valence-electron chi connectivity index (χ0n) is 30.1. The van der Waals surface area contributed by atoms with Crippen LogP contribution in [-0.4, -0.2) is 10.0 Å². The summed E-state index contributed by atoms with van der Waals surface area (Å²) in [6.45, 7) is 11.1. The molecule has 0 amide bonds. The molecule has 1 aliphatic rings.